The van der Waals surface area contributed by atoms with Crippen LogP contribution in [0.15, 0.2) is 60.8 Å². The van der Waals surface area contributed by atoms with Gasteiger partial charge in [-0.15, -0.1) is 0 Å². The smallest absolute Gasteiger partial charge is 0.328 e. The normalized spacial score (nSPS) is 12.8. The first-order valence-electron chi connectivity index (χ1n) is 10.1. The lowest BCUT2D eigenvalue weighted by Gasteiger charge is -2.26. The average molecular weight is 455 g/mol. The summed E-state index contributed by atoms with van der Waals surface area (Å²) in [6, 6.07) is 11.6. The summed E-state index contributed by atoms with van der Waals surface area (Å²) in [4.78, 5) is 28.9. The number of anilines is 1. The average Bonchev–Trinajstić information content (AvgIpc) is 2.78. The van der Waals surface area contributed by atoms with E-state index in [1.807, 2.05) is 0 Å². The molecule has 33 heavy (non-hydrogen) atoms. The Morgan fingerprint density at radius 3 is 2.00 bits per heavy atom. The molecular formula is C24H23F2N3O4. The third-order valence-electron chi connectivity index (χ3n) is 5.10. The van der Waals surface area contributed by atoms with E-state index in [9.17, 15) is 23.5 Å². The van der Waals surface area contributed by atoms with Crippen LogP contribution in [0.25, 0.3) is 0 Å². The lowest BCUT2D eigenvalue weighted by atomic mass is 9.87. The van der Waals surface area contributed by atoms with Crippen LogP contribution in [-0.2, 0) is 9.53 Å². The number of rotatable bonds is 7. The summed E-state index contributed by atoms with van der Waals surface area (Å²) in [6.45, 7) is 3.07. The number of hydrogen-bond donors (Lipinski definition) is 3. The van der Waals surface area contributed by atoms with Gasteiger partial charge in [0.25, 0.3) is 5.91 Å². The maximum atomic E-state index is 13.4. The molecule has 0 spiro atoms. The summed E-state index contributed by atoms with van der Waals surface area (Å²) in [5, 5.41) is 12.3. The number of carbonyl (C=O) groups excluding carboxylic acids is 2. The van der Waals surface area contributed by atoms with Gasteiger partial charge < -0.3 is 20.9 Å². The lowest BCUT2D eigenvalue weighted by Crippen LogP contribution is -2.41. The summed E-state index contributed by atoms with van der Waals surface area (Å²) in [5.74, 6) is -3.39. The van der Waals surface area contributed by atoms with E-state index in [1.54, 1.807) is 31.2 Å². The fraction of sp³-hybridized carbons (Fsp3) is 0.208. The number of halogens is 2. The molecule has 1 aromatic heterocycles. The Kier molecular flexibility index (Phi) is 7.22. The minimum atomic E-state index is -1.08. The van der Waals surface area contributed by atoms with Gasteiger partial charge in [-0.2, -0.15) is 0 Å². The Bertz CT molecular complexity index is 1090. The van der Waals surface area contributed by atoms with Crippen molar-refractivity contribution >= 4 is 17.6 Å². The highest BCUT2D eigenvalue weighted by atomic mass is 19.1. The van der Waals surface area contributed by atoms with Crippen molar-refractivity contribution in [1.82, 2.24) is 10.3 Å². The predicted octanol–water partition coefficient (Wildman–Crippen LogP) is 3.53. The standard InChI is InChI=1S/C24H23F2N3O4/c1-13(29-23(31)21-22(30)19(27)11-12-28-21)24(32)33-14(2)20(15-3-7-17(25)8-4-15)16-5-9-18(26)10-6-16/h3-14,20,30H,1-2H3,(H2,27,28)(H,29,31)/t13-,14?/m0/s1. The zero-order valence-electron chi connectivity index (χ0n) is 18.0. The molecule has 1 unspecified atom stereocenters. The number of ether oxygens (including phenoxy) is 1. The number of hydrogen-bond acceptors (Lipinski definition) is 6. The number of pyridine rings is 1. The van der Waals surface area contributed by atoms with Crippen LogP contribution in [0.5, 0.6) is 5.75 Å². The SMILES string of the molecule is CC(OC(=O)[C@H](C)NC(=O)c1nccc(N)c1O)C(c1ccc(F)cc1)c1ccc(F)cc1. The highest BCUT2D eigenvalue weighted by molar-refractivity contribution is 5.98. The molecule has 0 aliphatic carbocycles. The fourth-order valence-electron chi connectivity index (χ4n) is 3.39. The van der Waals surface area contributed by atoms with E-state index in [4.69, 9.17) is 10.5 Å². The number of esters is 1. The number of benzene rings is 2. The van der Waals surface area contributed by atoms with Gasteiger partial charge in [-0.05, 0) is 55.3 Å². The monoisotopic (exact) mass is 455 g/mol. The van der Waals surface area contributed by atoms with Crippen LogP contribution in [0, 0.1) is 11.6 Å². The minimum absolute atomic E-state index is 0.0274. The lowest BCUT2D eigenvalue weighted by molar-refractivity contribution is -0.150. The maximum absolute atomic E-state index is 13.4. The van der Waals surface area contributed by atoms with Gasteiger partial charge in [0.2, 0.25) is 0 Å². The number of nitrogen functional groups attached to an aromatic ring is 1. The molecule has 3 rings (SSSR count). The summed E-state index contributed by atoms with van der Waals surface area (Å²) < 4.78 is 32.4. The molecule has 0 radical (unpaired) electrons. The summed E-state index contributed by atoms with van der Waals surface area (Å²) in [7, 11) is 0. The Hall–Kier alpha value is -4.01. The first-order valence-corrected chi connectivity index (χ1v) is 10.1. The summed E-state index contributed by atoms with van der Waals surface area (Å²) >= 11 is 0. The topological polar surface area (TPSA) is 115 Å². The van der Waals surface area contributed by atoms with Gasteiger partial charge >= 0.3 is 5.97 Å². The highest BCUT2D eigenvalue weighted by Gasteiger charge is 2.28. The molecule has 0 aliphatic heterocycles. The van der Waals surface area contributed by atoms with Gasteiger partial charge in [-0.3, -0.25) is 4.79 Å². The van der Waals surface area contributed by atoms with Gasteiger partial charge in [-0.25, -0.2) is 18.6 Å². The van der Waals surface area contributed by atoms with Crippen molar-refractivity contribution in [2.45, 2.75) is 31.9 Å². The number of amides is 1. The van der Waals surface area contributed by atoms with Crippen LogP contribution >= 0.6 is 0 Å². The second-order valence-electron chi connectivity index (χ2n) is 7.52. The number of nitrogens with one attached hydrogen (secondary N) is 1. The number of aromatic nitrogens is 1. The maximum Gasteiger partial charge on any atom is 0.328 e. The highest BCUT2D eigenvalue weighted by Crippen LogP contribution is 2.30. The van der Waals surface area contributed by atoms with E-state index < -0.39 is 47.3 Å². The molecule has 2 aromatic carbocycles. The molecule has 0 aliphatic rings. The Morgan fingerprint density at radius 1 is 0.970 bits per heavy atom. The Balaban J connectivity index is 1.76. The molecule has 1 heterocycles. The number of nitrogens with two attached hydrogens (primary N) is 1. The third kappa shape index (κ3) is 5.62. The minimum Gasteiger partial charge on any atom is -0.504 e. The largest absolute Gasteiger partial charge is 0.504 e. The van der Waals surface area contributed by atoms with E-state index in [-0.39, 0.29) is 11.4 Å². The molecule has 0 saturated carbocycles. The first kappa shape index (κ1) is 23.6. The molecule has 0 bridgehead atoms. The quantitative estimate of drug-likeness (QED) is 0.470. The van der Waals surface area contributed by atoms with Crippen LogP contribution in [-0.4, -0.2) is 34.1 Å². The first-order chi connectivity index (χ1) is 15.7. The van der Waals surface area contributed by atoms with Gasteiger partial charge in [0.15, 0.2) is 11.4 Å². The zero-order chi connectivity index (χ0) is 24.1. The summed E-state index contributed by atoms with van der Waals surface area (Å²) in [5.41, 5.74) is 6.54. The Labute approximate surface area is 189 Å². The molecule has 4 N–H and O–H groups in total. The molecule has 0 saturated heterocycles. The molecule has 172 valence electrons. The molecule has 3 aromatic rings. The van der Waals surface area contributed by atoms with Crippen LogP contribution < -0.4 is 11.1 Å². The second-order valence-corrected chi connectivity index (χ2v) is 7.52. The van der Waals surface area contributed by atoms with E-state index >= 15 is 0 Å². The molecule has 7 nitrogen and oxygen atoms in total. The van der Waals surface area contributed by atoms with Crippen molar-refractivity contribution in [1.29, 1.82) is 0 Å². The van der Waals surface area contributed by atoms with Gasteiger partial charge in [-0.1, -0.05) is 24.3 Å². The van der Waals surface area contributed by atoms with E-state index in [0.29, 0.717) is 11.1 Å². The summed E-state index contributed by atoms with van der Waals surface area (Å²) in [6.07, 6.45) is 0.511. The molecule has 2 atom stereocenters. The molecule has 9 heteroatoms. The van der Waals surface area contributed by atoms with Crippen molar-refractivity contribution in [3.05, 3.63) is 89.2 Å². The van der Waals surface area contributed by atoms with Crippen molar-refractivity contribution in [2.24, 2.45) is 0 Å². The third-order valence-corrected chi connectivity index (χ3v) is 5.10. The van der Waals surface area contributed by atoms with Crippen molar-refractivity contribution in [3.8, 4) is 5.75 Å². The van der Waals surface area contributed by atoms with Crippen molar-refractivity contribution in [2.75, 3.05) is 5.73 Å². The fourth-order valence-corrected chi connectivity index (χ4v) is 3.39. The van der Waals surface area contributed by atoms with E-state index in [1.165, 1.54) is 43.5 Å². The van der Waals surface area contributed by atoms with Crippen LogP contribution in [0.4, 0.5) is 14.5 Å². The predicted molar refractivity (Wildman–Crippen MR) is 117 cm³/mol. The van der Waals surface area contributed by atoms with E-state index in [0.717, 1.165) is 0 Å². The van der Waals surface area contributed by atoms with Gasteiger partial charge in [0, 0.05) is 12.1 Å². The number of nitrogens with zero attached hydrogens (tertiary/aromatic N) is 1. The van der Waals surface area contributed by atoms with Gasteiger partial charge in [0.05, 0.1) is 5.69 Å². The van der Waals surface area contributed by atoms with Gasteiger partial charge in [0.1, 0.15) is 23.8 Å². The molecule has 0 fully saturated rings. The second kappa shape index (κ2) is 10.1. The van der Waals surface area contributed by atoms with Crippen LogP contribution in [0.3, 0.4) is 0 Å². The zero-order valence-corrected chi connectivity index (χ0v) is 18.0. The number of carbonyl (C=O) groups is 2. The molecular weight excluding hydrogens is 432 g/mol. The van der Waals surface area contributed by atoms with Crippen molar-refractivity contribution in [3.63, 3.8) is 0 Å². The van der Waals surface area contributed by atoms with Crippen LogP contribution in [0.2, 0.25) is 0 Å². The van der Waals surface area contributed by atoms with Crippen molar-refractivity contribution < 1.29 is 28.2 Å². The number of aromatic hydroxyl groups is 1. The Morgan fingerprint density at radius 2 is 1.48 bits per heavy atom. The van der Waals surface area contributed by atoms with Crippen LogP contribution in [0.1, 0.15) is 41.4 Å². The molecule has 1 amide bonds. The van der Waals surface area contributed by atoms with E-state index in [2.05, 4.69) is 10.3 Å².